The molecule has 2 aromatic heterocycles. The van der Waals surface area contributed by atoms with Crippen LogP contribution in [0, 0.1) is 0 Å². The molecule has 22 heavy (non-hydrogen) atoms. The van der Waals surface area contributed by atoms with Crippen molar-refractivity contribution in [3.63, 3.8) is 0 Å². The number of hydrogen-bond acceptors (Lipinski definition) is 5. The maximum Gasteiger partial charge on any atom is 0.160 e. The van der Waals surface area contributed by atoms with Gasteiger partial charge in [-0.3, -0.25) is 15.0 Å². The van der Waals surface area contributed by atoms with E-state index in [2.05, 4.69) is 40.0 Å². The first-order valence-electron chi connectivity index (χ1n) is 7.68. The van der Waals surface area contributed by atoms with Crippen molar-refractivity contribution in [1.29, 1.82) is 0 Å². The SMILES string of the molecule is CC[C@@H]1CSC2=N[C@H](c3ccccn3)[C@@H](c3ccncc3)N21. The monoisotopic (exact) mass is 310 g/mol. The van der Waals surface area contributed by atoms with Gasteiger partial charge in [-0.15, -0.1) is 0 Å². The van der Waals surface area contributed by atoms with Crippen LogP contribution in [0.3, 0.4) is 0 Å². The van der Waals surface area contributed by atoms with Gasteiger partial charge < -0.3 is 4.90 Å². The molecule has 0 unspecified atom stereocenters. The second-order valence-electron chi connectivity index (χ2n) is 5.62. The zero-order valence-electron chi connectivity index (χ0n) is 12.5. The van der Waals surface area contributed by atoms with E-state index in [1.54, 1.807) is 0 Å². The largest absolute Gasteiger partial charge is 0.338 e. The van der Waals surface area contributed by atoms with Gasteiger partial charge in [-0.05, 0) is 36.2 Å². The summed E-state index contributed by atoms with van der Waals surface area (Å²) in [5.41, 5.74) is 2.31. The number of pyridine rings is 2. The van der Waals surface area contributed by atoms with Gasteiger partial charge in [-0.25, -0.2) is 0 Å². The highest BCUT2D eigenvalue weighted by Gasteiger charge is 2.45. The smallest absolute Gasteiger partial charge is 0.160 e. The van der Waals surface area contributed by atoms with E-state index in [0.717, 1.165) is 17.9 Å². The lowest BCUT2D eigenvalue weighted by atomic mass is 9.96. The molecule has 0 radical (unpaired) electrons. The molecule has 2 aromatic rings. The Labute approximate surface area is 134 Å². The average Bonchev–Trinajstić information content (AvgIpc) is 3.15. The number of thioether (sulfide) groups is 1. The van der Waals surface area contributed by atoms with Crippen molar-refractivity contribution in [1.82, 2.24) is 14.9 Å². The van der Waals surface area contributed by atoms with Crippen molar-refractivity contribution in [2.75, 3.05) is 5.75 Å². The van der Waals surface area contributed by atoms with E-state index in [-0.39, 0.29) is 12.1 Å². The van der Waals surface area contributed by atoms with Crippen LogP contribution in [0.1, 0.15) is 36.7 Å². The van der Waals surface area contributed by atoms with Gasteiger partial charge in [0.05, 0.1) is 11.7 Å². The second-order valence-corrected chi connectivity index (χ2v) is 6.60. The maximum atomic E-state index is 5.00. The standard InChI is InChI=1S/C17H18N4S/c1-2-13-11-22-17-20-15(14-5-3-4-8-19-14)16(21(13)17)12-6-9-18-10-7-12/h3-10,13,15-16H,2,11H2,1H3/t13-,15-,16-/m1/s1. The predicted molar refractivity (Wildman–Crippen MR) is 89.8 cm³/mol. The number of aromatic nitrogens is 2. The van der Waals surface area contributed by atoms with Crippen molar-refractivity contribution >= 4 is 16.9 Å². The van der Waals surface area contributed by atoms with Crippen molar-refractivity contribution < 1.29 is 0 Å². The van der Waals surface area contributed by atoms with Gasteiger partial charge in [0.15, 0.2) is 5.17 Å². The van der Waals surface area contributed by atoms with E-state index < -0.39 is 0 Å². The zero-order valence-corrected chi connectivity index (χ0v) is 13.3. The fourth-order valence-corrected chi connectivity index (χ4v) is 4.61. The average molecular weight is 310 g/mol. The molecule has 0 N–H and O–H groups in total. The normalized spacial score (nSPS) is 26.9. The Hall–Kier alpha value is -1.88. The molecule has 0 aliphatic carbocycles. The Kier molecular flexibility index (Phi) is 3.58. The van der Waals surface area contributed by atoms with E-state index >= 15 is 0 Å². The van der Waals surface area contributed by atoms with Gasteiger partial charge in [0.2, 0.25) is 0 Å². The maximum absolute atomic E-state index is 5.00. The van der Waals surface area contributed by atoms with Crippen LogP contribution >= 0.6 is 11.8 Å². The summed E-state index contributed by atoms with van der Waals surface area (Å²) in [5, 5.41) is 1.17. The molecular weight excluding hydrogens is 292 g/mol. The van der Waals surface area contributed by atoms with Gasteiger partial charge in [0.1, 0.15) is 6.04 Å². The van der Waals surface area contributed by atoms with Crippen LogP contribution in [-0.4, -0.2) is 31.8 Å². The van der Waals surface area contributed by atoms with Crippen molar-refractivity contribution in [3.05, 3.63) is 60.2 Å². The molecular formula is C17H18N4S. The van der Waals surface area contributed by atoms with Crippen LogP contribution in [-0.2, 0) is 0 Å². The minimum Gasteiger partial charge on any atom is -0.338 e. The number of aliphatic imine (C=N–C) groups is 1. The Bertz CT molecular complexity index is 674. The number of hydrogen-bond donors (Lipinski definition) is 0. The molecule has 2 aliphatic rings. The van der Waals surface area contributed by atoms with Crippen molar-refractivity contribution in [2.45, 2.75) is 31.5 Å². The van der Waals surface area contributed by atoms with E-state index in [9.17, 15) is 0 Å². The van der Waals surface area contributed by atoms with Gasteiger partial charge in [-0.2, -0.15) is 0 Å². The third-order valence-electron chi connectivity index (χ3n) is 4.38. The van der Waals surface area contributed by atoms with Gasteiger partial charge in [0.25, 0.3) is 0 Å². The minimum atomic E-state index is 0.0699. The highest BCUT2D eigenvalue weighted by atomic mass is 32.2. The van der Waals surface area contributed by atoms with Crippen LogP contribution in [0.25, 0.3) is 0 Å². The molecule has 0 aromatic carbocycles. The number of fused-ring (bicyclic) bond motifs is 1. The zero-order chi connectivity index (χ0) is 14.9. The molecule has 1 fully saturated rings. The summed E-state index contributed by atoms with van der Waals surface area (Å²) in [6.45, 7) is 2.26. The van der Waals surface area contributed by atoms with Gasteiger partial charge >= 0.3 is 0 Å². The summed E-state index contributed by atoms with van der Waals surface area (Å²) >= 11 is 1.88. The van der Waals surface area contributed by atoms with E-state index in [4.69, 9.17) is 4.99 Å². The Morgan fingerprint density at radius 1 is 1.18 bits per heavy atom. The molecule has 2 aliphatic heterocycles. The van der Waals surface area contributed by atoms with Crippen LogP contribution in [0.15, 0.2) is 53.9 Å². The molecule has 1 saturated heterocycles. The van der Waals surface area contributed by atoms with Gasteiger partial charge in [0, 0.05) is 30.4 Å². The van der Waals surface area contributed by atoms with E-state index in [1.165, 1.54) is 10.7 Å². The molecule has 3 atom stereocenters. The van der Waals surface area contributed by atoms with Crippen molar-refractivity contribution in [3.8, 4) is 0 Å². The lowest BCUT2D eigenvalue weighted by Gasteiger charge is -2.31. The molecule has 5 heteroatoms. The highest BCUT2D eigenvalue weighted by Crippen LogP contribution is 2.48. The predicted octanol–water partition coefficient (Wildman–Crippen LogP) is 3.46. The molecule has 0 spiro atoms. The molecule has 4 heterocycles. The Balaban J connectivity index is 1.79. The number of rotatable bonds is 3. The summed E-state index contributed by atoms with van der Waals surface area (Å²) in [7, 11) is 0. The summed E-state index contributed by atoms with van der Waals surface area (Å²) < 4.78 is 0. The number of nitrogens with zero attached hydrogens (tertiary/aromatic N) is 4. The highest BCUT2D eigenvalue weighted by molar-refractivity contribution is 8.14. The van der Waals surface area contributed by atoms with Crippen LogP contribution in [0.5, 0.6) is 0 Å². The summed E-state index contributed by atoms with van der Waals surface area (Å²) in [5.74, 6) is 1.13. The summed E-state index contributed by atoms with van der Waals surface area (Å²) in [6, 6.07) is 11.1. The topological polar surface area (TPSA) is 41.4 Å². The van der Waals surface area contributed by atoms with E-state index in [1.807, 2.05) is 42.5 Å². The first-order chi connectivity index (χ1) is 10.9. The first-order valence-corrected chi connectivity index (χ1v) is 8.67. The minimum absolute atomic E-state index is 0.0699. The molecule has 112 valence electrons. The number of amidine groups is 1. The first kappa shape index (κ1) is 13.8. The molecule has 0 saturated carbocycles. The van der Waals surface area contributed by atoms with Gasteiger partial charge in [-0.1, -0.05) is 24.8 Å². The van der Waals surface area contributed by atoms with E-state index in [0.29, 0.717) is 6.04 Å². The fraction of sp³-hybridized carbons (Fsp3) is 0.353. The molecule has 4 nitrogen and oxygen atoms in total. The van der Waals surface area contributed by atoms with Crippen molar-refractivity contribution in [2.24, 2.45) is 4.99 Å². The Morgan fingerprint density at radius 2 is 2.05 bits per heavy atom. The fourth-order valence-electron chi connectivity index (χ4n) is 3.27. The quantitative estimate of drug-likeness (QED) is 0.870. The van der Waals surface area contributed by atoms with Crippen LogP contribution in [0.2, 0.25) is 0 Å². The van der Waals surface area contributed by atoms with Crippen LogP contribution in [0.4, 0.5) is 0 Å². The molecule has 0 amide bonds. The second kappa shape index (κ2) is 5.72. The lowest BCUT2D eigenvalue weighted by Crippen LogP contribution is -2.35. The lowest BCUT2D eigenvalue weighted by molar-refractivity contribution is 0.255. The molecule has 0 bridgehead atoms. The Morgan fingerprint density at radius 3 is 2.77 bits per heavy atom. The van der Waals surface area contributed by atoms with Crippen LogP contribution < -0.4 is 0 Å². The third kappa shape index (κ3) is 2.20. The third-order valence-corrected chi connectivity index (χ3v) is 5.50. The molecule has 4 rings (SSSR count). The summed E-state index contributed by atoms with van der Waals surface area (Å²) in [4.78, 5) is 16.2. The summed E-state index contributed by atoms with van der Waals surface area (Å²) in [6.07, 6.45) is 6.73.